The van der Waals surface area contributed by atoms with E-state index in [1.165, 1.54) is 40.8 Å². The summed E-state index contributed by atoms with van der Waals surface area (Å²) in [5.74, 6) is 0.868. The quantitative estimate of drug-likeness (QED) is 0.334. The van der Waals surface area contributed by atoms with Crippen LogP contribution < -0.4 is 0 Å². The molecule has 0 N–H and O–H groups in total. The van der Waals surface area contributed by atoms with Crippen molar-refractivity contribution in [2.24, 2.45) is 0 Å². The summed E-state index contributed by atoms with van der Waals surface area (Å²) in [6.07, 6.45) is 4.81. The summed E-state index contributed by atoms with van der Waals surface area (Å²) < 4.78 is 0. The molecule has 0 saturated carbocycles. The first-order valence-electron chi connectivity index (χ1n) is 7.87. The molecule has 2 heterocycles. The molecule has 2 nitrogen and oxygen atoms in total. The van der Waals surface area contributed by atoms with Gasteiger partial charge >= 0.3 is 0 Å². The van der Waals surface area contributed by atoms with E-state index in [1.54, 1.807) is 23.1 Å². The molecule has 0 radical (unpaired) electrons. The van der Waals surface area contributed by atoms with Gasteiger partial charge in [0, 0.05) is 10.6 Å². The fraction of sp³-hybridized carbons (Fsp3) is 0.333. The highest BCUT2D eigenvalue weighted by atomic mass is 35.5. The minimum absolute atomic E-state index is 0.626. The summed E-state index contributed by atoms with van der Waals surface area (Å²) in [6.45, 7) is 2.10. The summed E-state index contributed by atoms with van der Waals surface area (Å²) >= 11 is 9.94. The lowest BCUT2D eigenvalue weighted by Gasteiger charge is -2.10. The Bertz CT molecular complexity index is 856. The average molecular weight is 361 g/mol. The van der Waals surface area contributed by atoms with Gasteiger partial charge in [0.05, 0.1) is 5.39 Å². The maximum atomic E-state index is 6.49. The molecule has 1 aliphatic rings. The van der Waals surface area contributed by atoms with Gasteiger partial charge in [-0.3, -0.25) is 0 Å². The lowest BCUT2D eigenvalue weighted by molar-refractivity contribution is 0.700. The van der Waals surface area contributed by atoms with Crippen molar-refractivity contribution >= 4 is 44.9 Å². The largest absolute Gasteiger partial charge is 0.211 e. The normalized spacial score (nSPS) is 14.2. The van der Waals surface area contributed by atoms with Crippen molar-refractivity contribution in [2.45, 2.75) is 43.5 Å². The van der Waals surface area contributed by atoms with E-state index in [1.807, 2.05) is 0 Å². The van der Waals surface area contributed by atoms with Crippen LogP contribution >= 0.6 is 34.7 Å². The number of hydrogen-bond donors (Lipinski definition) is 0. The lowest BCUT2D eigenvalue weighted by Crippen LogP contribution is -1.98. The number of aromatic nitrogens is 2. The number of hydrogen-bond acceptors (Lipinski definition) is 4. The molecule has 4 rings (SSSR count). The topological polar surface area (TPSA) is 25.8 Å². The van der Waals surface area contributed by atoms with Gasteiger partial charge < -0.3 is 0 Å². The molecule has 5 heteroatoms. The maximum Gasteiger partial charge on any atom is 0.190 e. The van der Waals surface area contributed by atoms with Crippen LogP contribution in [0.5, 0.6) is 0 Å². The Morgan fingerprint density at radius 3 is 2.74 bits per heavy atom. The first-order valence-corrected chi connectivity index (χ1v) is 10.0. The second kappa shape index (κ2) is 6.42. The zero-order valence-electron chi connectivity index (χ0n) is 12.9. The highest BCUT2D eigenvalue weighted by molar-refractivity contribution is 7.98. The monoisotopic (exact) mass is 360 g/mol. The Labute approximate surface area is 149 Å². The second-order valence-electron chi connectivity index (χ2n) is 5.96. The molecule has 3 aromatic rings. The van der Waals surface area contributed by atoms with Crippen LogP contribution in [0.25, 0.3) is 10.2 Å². The van der Waals surface area contributed by atoms with Crippen molar-refractivity contribution in [2.75, 3.05) is 0 Å². The third-order valence-electron chi connectivity index (χ3n) is 4.24. The minimum atomic E-state index is 0.626. The molecule has 23 heavy (non-hydrogen) atoms. The van der Waals surface area contributed by atoms with Crippen molar-refractivity contribution in [1.82, 2.24) is 9.97 Å². The van der Waals surface area contributed by atoms with Crippen LogP contribution in [0.2, 0.25) is 5.15 Å². The summed E-state index contributed by atoms with van der Waals surface area (Å²) in [4.78, 5) is 11.8. The second-order valence-corrected chi connectivity index (χ2v) is 8.35. The van der Waals surface area contributed by atoms with Gasteiger partial charge in [0.2, 0.25) is 0 Å². The van der Waals surface area contributed by atoms with Gasteiger partial charge in [-0.15, -0.1) is 11.3 Å². The SMILES string of the molecule is Cc1ccc(CSc2nc(Cl)c3c4c(sc3n2)CCCC4)cc1. The number of aryl methyl sites for hydroxylation is 3. The first kappa shape index (κ1) is 15.4. The highest BCUT2D eigenvalue weighted by Gasteiger charge is 2.20. The van der Waals surface area contributed by atoms with E-state index in [9.17, 15) is 0 Å². The standard InChI is InChI=1S/C18H17ClN2S2/c1-11-6-8-12(9-7-11)10-22-18-20-16(19)15-13-4-2-3-5-14(13)23-17(15)21-18/h6-9H,2-5,10H2,1H3. The fourth-order valence-corrected chi connectivity index (χ4v) is 5.50. The summed E-state index contributed by atoms with van der Waals surface area (Å²) in [7, 11) is 0. The van der Waals surface area contributed by atoms with Crippen molar-refractivity contribution in [3.05, 3.63) is 51.0 Å². The Kier molecular flexibility index (Phi) is 4.31. The van der Waals surface area contributed by atoms with Crippen LogP contribution in [0, 0.1) is 6.92 Å². The third-order valence-corrected chi connectivity index (χ3v) is 6.62. The molecule has 1 aromatic carbocycles. The van der Waals surface area contributed by atoms with Gasteiger partial charge in [0.15, 0.2) is 5.16 Å². The van der Waals surface area contributed by atoms with Crippen LogP contribution in [0.1, 0.15) is 34.4 Å². The Morgan fingerprint density at radius 2 is 1.91 bits per heavy atom. The molecule has 0 atom stereocenters. The highest BCUT2D eigenvalue weighted by Crippen LogP contribution is 2.39. The smallest absolute Gasteiger partial charge is 0.190 e. The molecule has 2 aromatic heterocycles. The van der Waals surface area contributed by atoms with Gasteiger partial charge in [-0.05, 0) is 43.7 Å². The number of nitrogens with zero attached hydrogens (tertiary/aromatic N) is 2. The fourth-order valence-electron chi connectivity index (χ4n) is 2.99. The first-order chi connectivity index (χ1) is 11.2. The molecule has 0 spiro atoms. The molecule has 0 bridgehead atoms. The van der Waals surface area contributed by atoms with Crippen LogP contribution in [-0.2, 0) is 18.6 Å². The number of fused-ring (bicyclic) bond motifs is 3. The zero-order chi connectivity index (χ0) is 15.8. The number of thiophene rings is 1. The van der Waals surface area contributed by atoms with E-state index in [-0.39, 0.29) is 0 Å². The van der Waals surface area contributed by atoms with Crippen molar-refractivity contribution < 1.29 is 0 Å². The predicted octanol–water partition coefficient (Wildman–Crippen LogP) is 5.82. The number of benzene rings is 1. The Morgan fingerprint density at radius 1 is 1.13 bits per heavy atom. The molecule has 0 amide bonds. The number of rotatable bonds is 3. The van der Waals surface area contributed by atoms with E-state index >= 15 is 0 Å². The Hall–Kier alpha value is -1.10. The summed E-state index contributed by atoms with van der Waals surface area (Å²) in [5.41, 5.74) is 3.96. The third kappa shape index (κ3) is 3.12. The summed E-state index contributed by atoms with van der Waals surface area (Å²) in [5, 5.41) is 2.51. The van der Waals surface area contributed by atoms with Crippen molar-refractivity contribution in [1.29, 1.82) is 0 Å². The molecular formula is C18H17ClN2S2. The van der Waals surface area contributed by atoms with E-state index in [4.69, 9.17) is 16.6 Å². The van der Waals surface area contributed by atoms with Crippen LogP contribution in [0.4, 0.5) is 0 Å². The van der Waals surface area contributed by atoms with Gasteiger partial charge in [-0.2, -0.15) is 0 Å². The predicted molar refractivity (Wildman–Crippen MR) is 99.8 cm³/mol. The van der Waals surface area contributed by atoms with Crippen LogP contribution in [0.3, 0.4) is 0 Å². The van der Waals surface area contributed by atoms with Gasteiger partial charge in [-0.1, -0.05) is 53.2 Å². The van der Waals surface area contributed by atoms with Crippen LogP contribution in [0.15, 0.2) is 29.4 Å². The van der Waals surface area contributed by atoms with E-state index in [0.29, 0.717) is 5.15 Å². The minimum Gasteiger partial charge on any atom is -0.211 e. The molecule has 0 aliphatic heterocycles. The van der Waals surface area contributed by atoms with E-state index < -0.39 is 0 Å². The van der Waals surface area contributed by atoms with Crippen molar-refractivity contribution in [3.63, 3.8) is 0 Å². The molecular weight excluding hydrogens is 344 g/mol. The van der Waals surface area contributed by atoms with Gasteiger partial charge in [0.1, 0.15) is 9.98 Å². The average Bonchev–Trinajstić information content (AvgIpc) is 2.93. The number of thioether (sulfide) groups is 1. The molecule has 1 aliphatic carbocycles. The summed E-state index contributed by atoms with van der Waals surface area (Å²) in [6, 6.07) is 8.60. The zero-order valence-corrected chi connectivity index (χ0v) is 15.3. The van der Waals surface area contributed by atoms with E-state index in [2.05, 4.69) is 36.2 Å². The molecule has 0 saturated heterocycles. The maximum absolute atomic E-state index is 6.49. The van der Waals surface area contributed by atoms with Gasteiger partial charge in [0.25, 0.3) is 0 Å². The van der Waals surface area contributed by atoms with Crippen LogP contribution in [-0.4, -0.2) is 9.97 Å². The van der Waals surface area contributed by atoms with Crippen molar-refractivity contribution in [3.8, 4) is 0 Å². The number of halogens is 1. The lowest BCUT2D eigenvalue weighted by atomic mass is 9.97. The molecule has 118 valence electrons. The molecule has 0 unspecified atom stereocenters. The molecule has 0 fully saturated rings. The van der Waals surface area contributed by atoms with Gasteiger partial charge in [-0.25, -0.2) is 9.97 Å². The Balaban J connectivity index is 1.62. The van der Waals surface area contributed by atoms with E-state index in [0.717, 1.165) is 27.5 Å².